The quantitative estimate of drug-likeness (QED) is 0.443. The van der Waals surface area contributed by atoms with Crippen molar-refractivity contribution in [2.75, 3.05) is 0 Å². The molecule has 0 heterocycles. The van der Waals surface area contributed by atoms with Crippen molar-refractivity contribution in [3.05, 3.63) is 58.6 Å². The zero-order chi connectivity index (χ0) is 14.0. The van der Waals surface area contributed by atoms with E-state index in [2.05, 4.69) is 11.7 Å². The molecule has 2 aromatic rings. The molecule has 0 aliphatic rings. The van der Waals surface area contributed by atoms with Crippen LogP contribution in [0.1, 0.15) is 0 Å². The first-order valence-corrected chi connectivity index (χ1v) is 5.56. The van der Waals surface area contributed by atoms with Crippen molar-refractivity contribution in [1.29, 1.82) is 0 Å². The third kappa shape index (κ3) is 7.76. The Kier molecular flexibility index (Phi) is 8.78. The standard InChI is InChI=1S/2C6H5ClO.H4N2/c2*7-5-1-3-6(8)4-2-5;1-2/h2*1-4,8H;1-2H2. The number of phenolic OH excluding ortho intramolecular Hbond substituents is 2. The molecule has 0 bridgehead atoms. The lowest BCUT2D eigenvalue weighted by Gasteiger charge is -1.87. The second-order valence-electron chi connectivity index (χ2n) is 2.95. The van der Waals surface area contributed by atoms with Gasteiger partial charge >= 0.3 is 0 Å². The lowest BCUT2D eigenvalue weighted by atomic mass is 10.3. The highest BCUT2D eigenvalue weighted by molar-refractivity contribution is 6.30. The van der Waals surface area contributed by atoms with Crippen LogP contribution in [-0.4, -0.2) is 10.2 Å². The van der Waals surface area contributed by atoms with Gasteiger partial charge in [0, 0.05) is 10.0 Å². The van der Waals surface area contributed by atoms with Gasteiger partial charge in [0.1, 0.15) is 11.5 Å². The van der Waals surface area contributed by atoms with Crippen LogP contribution in [0, 0.1) is 0 Å². The molecule has 0 saturated heterocycles. The van der Waals surface area contributed by atoms with Crippen molar-refractivity contribution in [3.63, 3.8) is 0 Å². The summed E-state index contributed by atoms with van der Waals surface area (Å²) in [7, 11) is 0. The molecule has 6 N–H and O–H groups in total. The van der Waals surface area contributed by atoms with Crippen LogP contribution in [0.3, 0.4) is 0 Å². The highest BCUT2D eigenvalue weighted by atomic mass is 35.5. The van der Waals surface area contributed by atoms with Crippen LogP contribution in [0.15, 0.2) is 48.5 Å². The first kappa shape index (κ1) is 16.5. The molecule has 0 radical (unpaired) electrons. The second-order valence-corrected chi connectivity index (χ2v) is 3.83. The molecule has 18 heavy (non-hydrogen) atoms. The molecule has 0 amide bonds. The number of rotatable bonds is 0. The van der Waals surface area contributed by atoms with Gasteiger partial charge in [-0.05, 0) is 48.5 Å². The third-order valence-corrected chi connectivity index (χ3v) is 2.16. The fraction of sp³-hybridized carbons (Fsp3) is 0. The zero-order valence-electron chi connectivity index (χ0n) is 9.42. The summed E-state index contributed by atoms with van der Waals surface area (Å²) in [6.45, 7) is 0. The van der Waals surface area contributed by atoms with E-state index in [1.807, 2.05) is 0 Å². The summed E-state index contributed by atoms with van der Waals surface area (Å²) in [6, 6.07) is 12.7. The van der Waals surface area contributed by atoms with Gasteiger partial charge in [-0.25, -0.2) is 0 Å². The Hall–Kier alpha value is -1.46. The Labute approximate surface area is 115 Å². The lowest BCUT2D eigenvalue weighted by Crippen LogP contribution is -2.02. The molecule has 4 nitrogen and oxygen atoms in total. The predicted molar refractivity (Wildman–Crippen MR) is 74.6 cm³/mol. The first-order chi connectivity index (χ1) is 8.58. The van der Waals surface area contributed by atoms with Crippen molar-refractivity contribution in [1.82, 2.24) is 0 Å². The van der Waals surface area contributed by atoms with Crippen molar-refractivity contribution in [2.24, 2.45) is 11.7 Å². The van der Waals surface area contributed by atoms with Gasteiger partial charge in [-0.15, -0.1) is 0 Å². The molecular formula is C12H14Cl2N2O2. The highest BCUT2D eigenvalue weighted by Gasteiger charge is 1.84. The summed E-state index contributed by atoms with van der Waals surface area (Å²) in [6.07, 6.45) is 0. The molecule has 0 atom stereocenters. The summed E-state index contributed by atoms with van der Waals surface area (Å²) in [5.74, 6) is 8.49. The summed E-state index contributed by atoms with van der Waals surface area (Å²) in [4.78, 5) is 0. The SMILES string of the molecule is NN.Oc1ccc(Cl)cc1.Oc1ccc(Cl)cc1. The van der Waals surface area contributed by atoms with Gasteiger partial charge in [0.05, 0.1) is 0 Å². The molecular weight excluding hydrogens is 275 g/mol. The fourth-order valence-corrected chi connectivity index (χ4v) is 1.13. The second kappa shape index (κ2) is 9.56. The van der Waals surface area contributed by atoms with Crippen molar-refractivity contribution in [2.45, 2.75) is 0 Å². The Morgan fingerprint density at radius 2 is 0.833 bits per heavy atom. The Morgan fingerprint density at radius 3 is 1.00 bits per heavy atom. The average molecular weight is 289 g/mol. The van der Waals surface area contributed by atoms with Crippen LogP contribution < -0.4 is 11.7 Å². The molecule has 0 saturated carbocycles. The molecule has 98 valence electrons. The van der Waals surface area contributed by atoms with Gasteiger partial charge < -0.3 is 10.2 Å². The molecule has 0 unspecified atom stereocenters. The van der Waals surface area contributed by atoms with Gasteiger partial charge in [-0.3, -0.25) is 11.7 Å². The van der Waals surface area contributed by atoms with Crippen molar-refractivity contribution < 1.29 is 10.2 Å². The molecule has 0 aliphatic carbocycles. The number of halogens is 2. The summed E-state index contributed by atoms with van der Waals surface area (Å²) in [5, 5.41) is 18.7. The van der Waals surface area contributed by atoms with Gasteiger partial charge in [-0.1, -0.05) is 23.2 Å². The van der Waals surface area contributed by atoms with E-state index >= 15 is 0 Å². The normalized spacial score (nSPS) is 8.44. The van der Waals surface area contributed by atoms with Gasteiger partial charge in [-0.2, -0.15) is 0 Å². The van der Waals surface area contributed by atoms with E-state index in [9.17, 15) is 0 Å². The van der Waals surface area contributed by atoms with E-state index in [0.29, 0.717) is 10.0 Å². The number of hydrogen-bond donors (Lipinski definition) is 4. The van der Waals surface area contributed by atoms with E-state index in [1.165, 1.54) is 0 Å². The van der Waals surface area contributed by atoms with Gasteiger partial charge in [0.15, 0.2) is 0 Å². The topological polar surface area (TPSA) is 92.5 Å². The number of phenols is 2. The highest BCUT2D eigenvalue weighted by Crippen LogP contribution is 2.13. The smallest absolute Gasteiger partial charge is 0.115 e. The average Bonchev–Trinajstić information content (AvgIpc) is 2.40. The van der Waals surface area contributed by atoms with E-state index in [1.54, 1.807) is 48.5 Å². The predicted octanol–water partition coefficient (Wildman–Crippen LogP) is 2.91. The van der Waals surface area contributed by atoms with E-state index in [-0.39, 0.29) is 11.5 Å². The van der Waals surface area contributed by atoms with E-state index < -0.39 is 0 Å². The van der Waals surface area contributed by atoms with Crippen LogP contribution in [0.5, 0.6) is 11.5 Å². The lowest BCUT2D eigenvalue weighted by molar-refractivity contribution is 0.475. The summed E-state index contributed by atoms with van der Waals surface area (Å²) >= 11 is 11.0. The minimum absolute atomic E-state index is 0.245. The molecule has 0 spiro atoms. The van der Waals surface area contributed by atoms with Crippen LogP contribution in [-0.2, 0) is 0 Å². The molecule has 0 aromatic heterocycles. The minimum atomic E-state index is 0.245. The Bertz CT molecular complexity index is 347. The molecule has 0 fully saturated rings. The van der Waals surface area contributed by atoms with Crippen molar-refractivity contribution >= 4 is 23.2 Å². The Balaban J connectivity index is 0.000000283. The van der Waals surface area contributed by atoms with E-state index in [0.717, 1.165) is 0 Å². The molecule has 6 heteroatoms. The van der Waals surface area contributed by atoms with E-state index in [4.69, 9.17) is 33.4 Å². The van der Waals surface area contributed by atoms with Crippen LogP contribution in [0.2, 0.25) is 10.0 Å². The number of hydrogen-bond acceptors (Lipinski definition) is 4. The maximum atomic E-state index is 8.70. The maximum Gasteiger partial charge on any atom is 0.115 e. The third-order valence-electron chi connectivity index (χ3n) is 1.65. The molecule has 2 rings (SSSR count). The monoisotopic (exact) mass is 288 g/mol. The largest absolute Gasteiger partial charge is 0.508 e. The van der Waals surface area contributed by atoms with Gasteiger partial charge in [0.2, 0.25) is 0 Å². The maximum absolute atomic E-state index is 8.70. The van der Waals surface area contributed by atoms with Crippen LogP contribution in [0.25, 0.3) is 0 Å². The Morgan fingerprint density at radius 1 is 0.611 bits per heavy atom. The summed E-state index contributed by atoms with van der Waals surface area (Å²) < 4.78 is 0. The van der Waals surface area contributed by atoms with Crippen LogP contribution >= 0.6 is 23.2 Å². The molecule has 2 aromatic carbocycles. The number of nitrogens with two attached hydrogens (primary N) is 2. The van der Waals surface area contributed by atoms with Gasteiger partial charge in [0.25, 0.3) is 0 Å². The molecule has 0 aliphatic heterocycles. The number of hydrazine groups is 1. The number of aromatic hydroxyl groups is 2. The number of benzene rings is 2. The fourth-order valence-electron chi connectivity index (χ4n) is 0.882. The van der Waals surface area contributed by atoms with Crippen LogP contribution in [0.4, 0.5) is 0 Å². The van der Waals surface area contributed by atoms with Crippen molar-refractivity contribution in [3.8, 4) is 11.5 Å². The zero-order valence-corrected chi connectivity index (χ0v) is 10.9. The summed E-state index contributed by atoms with van der Waals surface area (Å²) in [5.41, 5.74) is 0. The minimum Gasteiger partial charge on any atom is -0.508 e. The first-order valence-electron chi connectivity index (χ1n) is 4.80.